The van der Waals surface area contributed by atoms with Crippen LogP contribution in [0.25, 0.3) is 10.8 Å². The number of nitrogens with zero attached hydrogens (tertiary/aromatic N) is 1. The molecule has 120 valence electrons. The van der Waals surface area contributed by atoms with E-state index in [0.29, 0.717) is 11.8 Å². The van der Waals surface area contributed by atoms with Gasteiger partial charge in [-0.3, -0.25) is 14.5 Å². The van der Waals surface area contributed by atoms with E-state index in [1.165, 1.54) is 12.1 Å². The van der Waals surface area contributed by atoms with Crippen molar-refractivity contribution in [3.05, 3.63) is 35.4 Å². The number of rotatable bonds is 3. The topological polar surface area (TPSA) is 121 Å². The SMILES string of the molecule is CCCN1C(=O)c2cccc3c(N)c(S(=O)(=O)[O-])cc(c23)C1=O.[K+]. The summed E-state index contributed by atoms with van der Waals surface area (Å²) in [5.41, 5.74) is 5.82. The third-order valence-electron chi connectivity index (χ3n) is 3.83. The van der Waals surface area contributed by atoms with Gasteiger partial charge in [0.1, 0.15) is 10.1 Å². The van der Waals surface area contributed by atoms with Crippen LogP contribution in [0.1, 0.15) is 34.1 Å². The standard InChI is InChI=1S/C15H14N2O5S.K/c1-2-6-17-14(18)9-5-3-4-8-12(9)10(15(17)19)7-11(13(8)16)23(20,21)22;/h3-5,7H,2,6,16H2,1H3,(H,20,21,22);/q;+1/p-1. The second-order valence-corrected chi connectivity index (χ2v) is 6.63. The van der Waals surface area contributed by atoms with Crippen molar-refractivity contribution in [2.75, 3.05) is 12.3 Å². The van der Waals surface area contributed by atoms with Crippen LogP contribution in [0.15, 0.2) is 29.2 Å². The Kier molecular flexibility index (Phi) is 5.55. The average molecular weight is 372 g/mol. The molecule has 2 amide bonds. The zero-order valence-electron chi connectivity index (χ0n) is 13.2. The van der Waals surface area contributed by atoms with Crippen molar-refractivity contribution in [2.45, 2.75) is 18.2 Å². The van der Waals surface area contributed by atoms with Gasteiger partial charge >= 0.3 is 51.4 Å². The van der Waals surface area contributed by atoms with Gasteiger partial charge in [0.15, 0.2) is 0 Å². The summed E-state index contributed by atoms with van der Waals surface area (Å²) < 4.78 is 34.3. The van der Waals surface area contributed by atoms with E-state index >= 15 is 0 Å². The maximum atomic E-state index is 12.6. The van der Waals surface area contributed by atoms with Gasteiger partial charge in [-0.2, -0.15) is 0 Å². The molecule has 24 heavy (non-hydrogen) atoms. The number of carbonyl (C=O) groups is 2. The van der Waals surface area contributed by atoms with Crippen LogP contribution >= 0.6 is 0 Å². The molecule has 0 bridgehead atoms. The van der Waals surface area contributed by atoms with E-state index in [1.807, 2.05) is 6.92 Å². The van der Waals surface area contributed by atoms with Gasteiger partial charge in [-0.15, -0.1) is 0 Å². The molecule has 0 saturated carbocycles. The molecule has 0 aromatic heterocycles. The van der Waals surface area contributed by atoms with Crippen molar-refractivity contribution in [2.24, 2.45) is 0 Å². The fourth-order valence-electron chi connectivity index (χ4n) is 2.84. The molecule has 1 aliphatic rings. The first kappa shape index (κ1) is 19.5. The summed E-state index contributed by atoms with van der Waals surface area (Å²) in [6, 6.07) is 5.55. The third kappa shape index (κ3) is 2.94. The molecule has 0 radical (unpaired) electrons. The first-order chi connectivity index (χ1) is 10.8. The van der Waals surface area contributed by atoms with Gasteiger partial charge in [0.25, 0.3) is 11.8 Å². The third-order valence-corrected chi connectivity index (χ3v) is 4.71. The fraction of sp³-hybridized carbons (Fsp3) is 0.200. The molecule has 9 heteroatoms. The summed E-state index contributed by atoms with van der Waals surface area (Å²) in [4.78, 5) is 25.5. The zero-order valence-corrected chi connectivity index (χ0v) is 17.1. The van der Waals surface area contributed by atoms with Crippen LogP contribution in [0, 0.1) is 0 Å². The van der Waals surface area contributed by atoms with E-state index in [9.17, 15) is 22.6 Å². The summed E-state index contributed by atoms with van der Waals surface area (Å²) in [5, 5.41) is 0.507. The van der Waals surface area contributed by atoms with Crippen molar-refractivity contribution < 1.29 is 73.9 Å². The molecular formula is C15H13KN2O5S. The number of benzene rings is 2. The van der Waals surface area contributed by atoms with E-state index in [0.717, 1.165) is 11.0 Å². The number of hydrogen-bond donors (Lipinski definition) is 1. The second kappa shape index (κ2) is 6.83. The molecular weight excluding hydrogens is 359 g/mol. The van der Waals surface area contributed by atoms with Gasteiger partial charge in [-0.25, -0.2) is 8.42 Å². The number of carbonyl (C=O) groups excluding carboxylic acids is 2. The Labute approximate surface area is 181 Å². The Balaban J connectivity index is 0.00000208. The molecule has 3 rings (SSSR count). The van der Waals surface area contributed by atoms with Crippen molar-refractivity contribution in [3.8, 4) is 0 Å². The Morgan fingerprint density at radius 1 is 1.17 bits per heavy atom. The average Bonchev–Trinajstić information content (AvgIpc) is 2.49. The van der Waals surface area contributed by atoms with Gasteiger partial charge in [-0.1, -0.05) is 19.1 Å². The van der Waals surface area contributed by atoms with Crippen molar-refractivity contribution in [3.63, 3.8) is 0 Å². The molecule has 0 saturated heterocycles. The van der Waals surface area contributed by atoms with Crippen LogP contribution in [0.4, 0.5) is 5.69 Å². The minimum atomic E-state index is -4.84. The van der Waals surface area contributed by atoms with Crippen LogP contribution in [0.2, 0.25) is 0 Å². The Morgan fingerprint density at radius 2 is 1.79 bits per heavy atom. The molecule has 2 aromatic rings. The molecule has 1 aliphatic heterocycles. The first-order valence-corrected chi connectivity index (χ1v) is 8.35. The van der Waals surface area contributed by atoms with E-state index in [-0.39, 0.29) is 80.1 Å². The molecule has 7 nitrogen and oxygen atoms in total. The molecule has 0 spiro atoms. The first-order valence-electron chi connectivity index (χ1n) is 6.94. The van der Waals surface area contributed by atoms with E-state index in [4.69, 9.17) is 5.73 Å². The maximum Gasteiger partial charge on any atom is 1.00 e. The molecule has 2 aromatic carbocycles. The maximum absolute atomic E-state index is 12.6. The van der Waals surface area contributed by atoms with Crippen molar-refractivity contribution in [1.82, 2.24) is 4.90 Å². The van der Waals surface area contributed by atoms with Gasteiger partial charge in [-0.05, 0) is 18.6 Å². The van der Waals surface area contributed by atoms with Gasteiger partial charge in [0, 0.05) is 22.9 Å². The second-order valence-electron chi connectivity index (χ2n) is 5.28. The number of hydrogen-bond acceptors (Lipinski definition) is 6. The monoisotopic (exact) mass is 372 g/mol. The van der Waals surface area contributed by atoms with Crippen LogP contribution in [0.5, 0.6) is 0 Å². The minimum absolute atomic E-state index is 0. The fourth-order valence-corrected chi connectivity index (χ4v) is 3.49. The number of anilines is 1. The van der Waals surface area contributed by atoms with E-state index in [2.05, 4.69) is 0 Å². The molecule has 2 N–H and O–H groups in total. The predicted molar refractivity (Wildman–Crippen MR) is 82.0 cm³/mol. The molecule has 0 atom stereocenters. The summed E-state index contributed by atoms with van der Waals surface area (Å²) >= 11 is 0. The van der Waals surface area contributed by atoms with Crippen molar-refractivity contribution >= 4 is 38.4 Å². The van der Waals surface area contributed by atoms with Crippen LogP contribution in [0.3, 0.4) is 0 Å². The molecule has 0 unspecified atom stereocenters. The molecule has 1 heterocycles. The number of nitrogens with two attached hydrogens (primary N) is 1. The quantitative estimate of drug-likeness (QED) is 0.298. The summed E-state index contributed by atoms with van der Waals surface area (Å²) in [6.45, 7) is 2.02. The van der Waals surface area contributed by atoms with E-state index < -0.39 is 26.8 Å². The molecule has 0 fully saturated rings. The summed E-state index contributed by atoms with van der Waals surface area (Å²) in [5.74, 6) is -1.07. The number of nitrogen functional groups attached to an aromatic ring is 1. The minimum Gasteiger partial charge on any atom is -0.744 e. The van der Waals surface area contributed by atoms with Crippen molar-refractivity contribution in [1.29, 1.82) is 0 Å². The Hall–Kier alpha value is -0.814. The zero-order chi connectivity index (χ0) is 16.9. The van der Waals surface area contributed by atoms with Gasteiger partial charge < -0.3 is 10.3 Å². The summed E-state index contributed by atoms with van der Waals surface area (Å²) in [6.07, 6.45) is 0.560. The normalized spacial score (nSPS) is 14.0. The number of amides is 2. The largest absolute Gasteiger partial charge is 1.00 e. The molecule has 0 aliphatic carbocycles. The Bertz CT molecular complexity index is 971. The Morgan fingerprint density at radius 3 is 2.38 bits per heavy atom. The summed E-state index contributed by atoms with van der Waals surface area (Å²) in [7, 11) is -4.84. The predicted octanol–water partition coefficient (Wildman–Crippen LogP) is -1.66. The number of imide groups is 1. The van der Waals surface area contributed by atoms with Gasteiger partial charge in [0.05, 0.1) is 16.1 Å². The van der Waals surface area contributed by atoms with Crippen LogP contribution < -0.4 is 57.1 Å². The smallest absolute Gasteiger partial charge is 0.744 e. The van der Waals surface area contributed by atoms with E-state index in [1.54, 1.807) is 6.07 Å². The van der Waals surface area contributed by atoms with Gasteiger partial charge in [0.2, 0.25) is 0 Å². The van der Waals surface area contributed by atoms with Crippen LogP contribution in [-0.2, 0) is 10.1 Å². The van der Waals surface area contributed by atoms with Crippen LogP contribution in [-0.4, -0.2) is 36.2 Å².